The number of carbonyl (C=O) groups excluding carboxylic acids is 2. The fourth-order valence-corrected chi connectivity index (χ4v) is 4.78. The lowest BCUT2D eigenvalue weighted by atomic mass is 10.0. The van der Waals surface area contributed by atoms with Gasteiger partial charge in [-0.05, 0) is 26.3 Å². The van der Waals surface area contributed by atoms with Crippen LogP contribution in [0.5, 0.6) is 0 Å². The molecule has 1 fully saturated rings. The fraction of sp³-hybridized carbons (Fsp3) is 0.455. The summed E-state index contributed by atoms with van der Waals surface area (Å²) in [5.41, 5.74) is 3.43. The van der Waals surface area contributed by atoms with E-state index in [1.54, 1.807) is 6.92 Å². The lowest BCUT2D eigenvalue weighted by molar-refractivity contribution is -0.999. The van der Waals surface area contributed by atoms with Crippen LogP contribution in [0.2, 0.25) is 0 Å². The van der Waals surface area contributed by atoms with Crippen LogP contribution in [0.1, 0.15) is 27.7 Å². The summed E-state index contributed by atoms with van der Waals surface area (Å²) in [6, 6.07) is 8.07. The number of piperazine rings is 1. The van der Waals surface area contributed by atoms with Crippen molar-refractivity contribution in [3.05, 3.63) is 40.3 Å². The highest BCUT2D eigenvalue weighted by Crippen LogP contribution is 2.40. The molecule has 1 aromatic heterocycles. The number of likely N-dealkylation sites (N-methyl/N-ethyl adjacent to an activating group) is 1. The normalized spacial score (nSPS) is 19.0. The maximum absolute atomic E-state index is 12.8. The van der Waals surface area contributed by atoms with Crippen LogP contribution >= 0.6 is 11.3 Å². The van der Waals surface area contributed by atoms with Crippen LogP contribution in [-0.2, 0) is 9.53 Å². The smallest absolute Gasteiger partial charge is 0.341 e. The van der Waals surface area contributed by atoms with Gasteiger partial charge in [0.05, 0.1) is 13.7 Å². The molecule has 156 valence electrons. The van der Waals surface area contributed by atoms with Crippen LogP contribution in [-0.4, -0.2) is 58.3 Å². The number of rotatable bonds is 6. The zero-order valence-electron chi connectivity index (χ0n) is 17.7. The maximum Gasteiger partial charge on any atom is 0.341 e. The number of aryl methyl sites for hydroxylation is 2. The van der Waals surface area contributed by atoms with E-state index >= 15 is 0 Å². The van der Waals surface area contributed by atoms with Crippen LogP contribution in [0.25, 0.3) is 11.1 Å². The SMILES string of the molecule is CCOC(=O)c1c(NC(=O)C[NH+]2CC[NH+](C)CC2)sc(C)c1-c1ccc(C)cc1. The molecule has 1 aliphatic rings. The van der Waals surface area contributed by atoms with Gasteiger partial charge in [-0.1, -0.05) is 29.8 Å². The molecular weight excluding hydrogens is 386 g/mol. The molecule has 1 aliphatic heterocycles. The molecule has 1 aromatic carbocycles. The van der Waals surface area contributed by atoms with Crippen molar-refractivity contribution in [1.82, 2.24) is 0 Å². The number of nitrogens with one attached hydrogen (secondary N) is 3. The Morgan fingerprint density at radius 2 is 1.76 bits per heavy atom. The minimum atomic E-state index is -0.390. The molecule has 0 atom stereocenters. The number of quaternary nitrogens is 2. The molecule has 7 heteroatoms. The second-order valence-corrected chi connectivity index (χ2v) is 8.98. The lowest BCUT2D eigenvalue weighted by Crippen LogP contribution is -3.27. The van der Waals surface area contributed by atoms with E-state index in [2.05, 4.69) is 12.4 Å². The number of anilines is 1. The summed E-state index contributed by atoms with van der Waals surface area (Å²) in [6.45, 7) is 10.6. The molecule has 0 unspecified atom stereocenters. The molecule has 6 nitrogen and oxygen atoms in total. The molecular formula is C22H31N3O3S+2. The van der Waals surface area contributed by atoms with Crippen molar-refractivity contribution in [3.63, 3.8) is 0 Å². The topological polar surface area (TPSA) is 64.3 Å². The highest BCUT2D eigenvalue weighted by atomic mass is 32.1. The van der Waals surface area contributed by atoms with Crippen molar-refractivity contribution >= 4 is 28.2 Å². The third kappa shape index (κ3) is 5.23. The van der Waals surface area contributed by atoms with E-state index in [4.69, 9.17) is 4.74 Å². The molecule has 2 aromatic rings. The number of esters is 1. The van der Waals surface area contributed by atoms with Crippen molar-refractivity contribution in [3.8, 4) is 11.1 Å². The number of amides is 1. The number of carbonyl (C=O) groups is 2. The third-order valence-corrected chi connectivity index (χ3v) is 6.40. The summed E-state index contributed by atoms with van der Waals surface area (Å²) in [4.78, 5) is 29.3. The molecule has 3 rings (SSSR count). The molecule has 0 bridgehead atoms. The largest absolute Gasteiger partial charge is 0.462 e. The van der Waals surface area contributed by atoms with E-state index in [0.717, 1.165) is 47.7 Å². The minimum absolute atomic E-state index is 0.0539. The van der Waals surface area contributed by atoms with Crippen molar-refractivity contribution in [2.24, 2.45) is 0 Å². The van der Waals surface area contributed by atoms with E-state index in [0.29, 0.717) is 23.7 Å². The van der Waals surface area contributed by atoms with Gasteiger partial charge in [-0.15, -0.1) is 11.3 Å². The van der Waals surface area contributed by atoms with Gasteiger partial charge in [0.2, 0.25) is 0 Å². The number of hydrogen-bond acceptors (Lipinski definition) is 4. The Morgan fingerprint density at radius 1 is 1.10 bits per heavy atom. The van der Waals surface area contributed by atoms with Gasteiger partial charge in [0.15, 0.2) is 6.54 Å². The average molecular weight is 418 g/mol. The summed E-state index contributed by atoms with van der Waals surface area (Å²) in [6.07, 6.45) is 0. The van der Waals surface area contributed by atoms with Gasteiger partial charge in [-0.25, -0.2) is 4.79 Å². The second kappa shape index (κ2) is 9.52. The molecule has 0 radical (unpaired) electrons. The van der Waals surface area contributed by atoms with E-state index in [9.17, 15) is 9.59 Å². The number of ether oxygens (including phenoxy) is 1. The van der Waals surface area contributed by atoms with Crippen molar-refractivity contribution in [2.45, 2.75) is 20.8 Å². The number of hydrogen-bond donors (Lipinski definition) is 3. The molecule has 1 amide bonds. The zero-order valence-corrected chi connectivity index (χ0v) is 18.5. The predicted molar refractivity (Wildman–Crippen MR) is 116 cm³/mol. The average Bonchev–Trinajstić information content (AvgIpc) is 3.00. The molecule has 3 N–H and O–H groups in total. The van der Waals surface area contributed by atoms with Gasteiger partial charge in [0, 0.05) is 10.4 Å². The first-order valence-corrected chi connectivity index (χ1v) is 11.0. The monoisotopic (exact) mass is 417 g/mol. The van der Waals surface area contributed by atoms with Crippen LogP contribution < -0.4 is 15.1 Å². The van der Waals surface area contributed by atoms with Gasteiger partial charge in [-0.2, -0.15) is 0 Å². The molecule has 0 aliphatic carbocycles. The Labute approximate surface area is 176 Å². The Bertz CT molecular complexity index is 868. The standard InChI is InChI=1S/C22H29N3O3S/c1-5-28-22(27)20-19(17-8-6-15(2)7-9-17)16(3)29-21(20)23-18(26)14-25-12-10-24(4)11-13-25/h6-9H,5,10-14H2,1-4H3,(H,23,26)/p+2. The Hall–Kier alpha value is -2.22. The molecule has 0 saturated carbocycles. The minimum Gasteiger partial charge on any atom is -0.462 e. The summed E-state index contributed by atoms with van der Waals surface area (Å²) < 4.78 is 5.32. The fourth-order valence-electron chi connectivity index (χ4n) is 3.70. The summed E-state index contributed by atoms with van der Waals surface area (Å²) >= 11 is 1.44. The predicted octanol–water partition coefficient (Wildman–Crippen LogP) is 0.560. The lowest BCUT2D eigenvalue weighted by Gasteiger charge is -2.26. The van der Waals surface area contributed by atoms with Crippen molar-refractivity contribution in [1.29, 1.82) is 0 Å². The van der Waals surface area contributed by atoms with Crippen molar-refractivity contribution in [2.75, 3.05) is 51.7 Å². The summed E-state index contributed by atoms with van der Waals surface area (Å²) in [7, 11) is 2.18. The second-order valence-electron chi connectivity index (χ2n) is 7.76. The molecule has 2 heterocycles. The van der Waals surface area contributed by atoms with E-state index < -0.39 is 5.97 Å². The van der Waals surface area contributed by atoms with E-state index in [1.807, 2.05) is 38.1 Å². The zero-order chi connectivity index (χ0) is 21.0. The van der Waals surface area contributed by atoms with Gasteiger partial charge >= 0.3 is 5.97 Å². The Kier molecular flexibility index (Phi) is 7.05. The Balaban J connectivity index is 1.85. The quantitative estimate of drug-likeness (QED) is 0.602. The van der Waals surface area contributed by atoms with Crippen LogP contribution in [0, 0.1) is 13.8 Å². The van der Waals surface area contributed by atoms with Gasteiger partial charge in [0.25, 0.3) is 5.91 Å². The third-order valence-electron chi connectivity index (χ3n) is 5.38. The summed E-state index contributed by atoms with van der Waals surface area (Å²) in [5.74, 6) is -0.444. The molecule has 1 saturated heterocycles. The highest BCUT2D eigenvalue weighted by molar-refractivity contribution is 7.17. The molecule has 0 spiro atoms. The first-order chi connectivity index (χ1) is 13.9. The number of thiophene rings is 1. The van der Waals surface area contributed by atoms with Crippen LogP contribution in [0.4, 0.5) is 5.00 Å². The van der Waals surface area contributed by atoms with Crippen LogP contribution in [0.15, 0.2) is 24.3 Å². The van der Waals surface area contributed by atoms with E-state index in [-0.39, 0.29) is 5.91 Å². The van der Waals surface area contributed by atoms with Gasteiger partial charge in [0.1, 0.15) is 36.7 Å². The highest BCUT2D eigenvalue weighted by Gasteiger charge is 2.27. The van der Waals surface area contributed by atoms with Gasteiger partial charge < -0.3 is 19.9 Å². The Morgan fingerprint density at radius 3 is 2.38 bits per heavy atom. The van der Waals surface area contributed by atoms with Crippen LogP contribution in [0.3, 0.4) is 0 Å². The van der Waals surface area contributed by atoms with Gasteiger partial charge in [-0.3, -0.25) is 4.79 Å². The maximum atomic E-state index is 12.8. The first kappa shape index (κ1) is 21.5. The number of benzene rings is 1. The summed E-state index contributed by atoms with van der Waals surface area (Å²) in [5, 5.41) is 3.59. The first-order valence-electron chi connectivity index (χ1n) is 10.2. The molecule has 29 heavy (non-hydrogen) atoms. The van der Waals surface area contributed by atoms with E-state index in [1.165, 1.54) is 21.1 Å². The van der Waals surface area contributed by atoms with Crippen molar-refractivity contribution < 1.29 is 24.1 Å².